The van der Waals surface area contributed by atoms with Crippen molar-refractivity contribution in [2.75, 3.05) is 20.8 Å². The van der Waals surface area contributed by atoms with Crippen LogP contribution in [0.5, 0.6) is 11.6 Å². The summed E-state index contributed by atoms with van der Waals surface area (Å²) < 4.78 is 21.9. The van der Waals surface area contributed by atoms with Crippen molar-refractivity contribution in [3.05, 3.63) is 36.5 Å². The number of nitrogens with zero attached hydrogens (tertiary/aromatic N) is 2. The van der Waals surface area contributed by atoms with Gasteiger partial charge in [-0.3, -0.25) is 4.90 Å². The normalized spacial score (nSPS) is 18.5. The van der Waals surface area contributed by atoms with E-state index in [0.717, 1.165) is 16.3 Å². The summed E-state index contributed by atoms with van der Waals surface area (Å²) in [4.78, 5) is 30.7. The molecule has 166 valence electrons. The van der Waals surface area contributed by atoms with E-state index in [0.29, 0.717) is 11.6 Å². The van der Waals surface area contributed by atoms with Crippen LogP contribution in [0, 0.1) is 0 Å². The van der Waals surface area contributed by atoms with Gasteiger partial charge in [0.15, 0.2) is 0 Å². The van der Waals surface area contributed by atoms with Gasteiger partial charge in [-0.2, -0.15) is 0 Å². The first-order valence-electron chi connectivity index (χ1n) is 10.00. The molecule has 8 heteroatoms. The average molecular weight is 428 g/mol. The van der Waals surface area contributed by atoms with Gasteiger partial charge in [0.2, 0.25) is 5.88 Å². The molecule has 1 aromatic heterocycles. The molecule has 1 amide bonds. The van der Waals surface area contributed by atoms with Crippen LogP contribution in [-0.2, 0) is 14.3 Å². The van der Waals surface area contributed by atoms with E-state index in [9.17, 15) is 9.59 Å². The molecule has 1 saturated heterocycles. The highest BCUT2D eigenvalue weighted by molar-refractivity contribution is 5.90. The highest BCUT2D eigenvalue weighted by atomic mass is 16.6. The third-order valence-electron chi connectivity index (χ3n) is 4.94. The quantitative estimate of drug-likeness (QED) is 0.669. The van der Waals surface area contributed by atoms with Gasteiger partial charge in [0.1, 0.15) is 23.5 Å². The fourth-order valence-corrected chi connectivity index (χ4v) is 3.54. The number of likely N-dealkylation sites (tertiary alicyclic amines) is 1. The van der Waals surface area contributed by atoms with Crippen molar-refractivity contribution < 1.29 is 28.5 Å². The molecular weight excluding hydrogens is 400 g/mol. The van der Waals surface area contributed by atoms with Gasteiger partial charge in [-0.25, -0.2) is 14.6 Å². The predicted molar refractivity (Wildman–Crippen MR) is 116 cm³/mol. The maximum absolute atomic E-state index is 12.7. The summed E-state index contributed by atoms with van der Waals surface area (Å²) in [5, 5.41) is 1.67. The van der Waals surface area contributed by atoms with Crippen LogP contribution in [0.4, 0.5) is 4.79 Å². The number of aromatic nitrogens is 1. The van der Waals surface area contributed by atoms with E-state index in [2.05, 4.69) is 11.6 Å². The Hall–Kier alpha value is -3.29. The number of rotatable bonds is 5. The highest BCUT2D eigenvalue weighted by Gasteiger charge is 2.43. The van der Waals surface area contributed by atoms with Gasteiger partial charge in [0.25, 0.3) is 0 Å². The first kappa shape index (κ1) is 22.4. The summed E-state index contributed by atoms with van der Waals surface area (Å²) in [6.45, 7) is 9.32. The molecule has 3 rings (SSSR count). The summed E-state index contributed by atoms with van der Waals surface area (Å²) in [5.74, 6) is 0.590. The molecule has 0 spiro atoms. The largest absolute Gasteiger partial charge is 0.496 e. The molecule has 0 saturated carbocycles. The number of methoxy groups -OCH3 is 2. The number of esters is 1. The summed E-state index contributed by atoms with van der Waals surface area (Å²) in [6, 6.07) is 4.85. The van der Waals surface area contributed by atoms with Crippen molar-refractivity contribution in [2.45, 2.75) is 44.9 Å². The van der Waals surface area contributed by atoms with E-state index in [1.54, 1.807) is 40.2 Å². The molecule has 0 N–H and O–H groups in total. The lowest BCUT2D eigenvalue weighted by Gasteiger charge is -2.27. The molecule has 2 heterocycles. The number of amides is 1. The van der Waals surface area contributed by atoms with E-state index in [4.69, 9.17) is 18.9 Å². The topological polar surface area (TPSA) is 87.2 Å². The third kappa shape index (κ3) is 4.90. The Balaban J connectivity index is 1.88. The van der Waals surface area contributed by atoms with Crippen LogP contribution in [0.1, 0.15) is 32.8 Å². The van der Waals surface area contributed by atoms with Gasteiger partial charge in [-0.1, -0.05) is 12.7 Å². The Labute approximate surface area is 181 Å². The first-order chi connectivity index (χ1) is 14.7. The SMILES string of the molecule is C=Cc1cc2c(O[C@@H]3C[C@@H](C(=O)OC)N(C(=O)OC(C)(C)C)C3)nccc2cc1OC. The maximum Gasteiger partial charge on any atom is 0.411 e. The second-order valence-electron chi connectivity index (χ2n) is 8.28. The van der Waals surface area contributed by atoms with Gasteiger partial charge in [-0.05, 0) is 44.4 Å². The van der Waals surface area contributed by atoms with Crippen molar-refractivity contribution in [1.29, 1.82) is 0 Å². The van der Waals surface area contributed by atoms with Crippen molar-refractivity contribution in [2.24, 2.45) is 0 Å². The monoisotopic (exact) mass is 428 g/mol. The minimum atomic E-state index is -0.788. The van der Waals surface area contributed by atoms with Gasteiger partial charge in [-0.15, -0.1) is 0 Å². The highest BCUT2D eigenvalue weighted by Crippen LogP contribution is 2.33. The van der Waals surface area contributed by atoms with E-state index in [1.807, 2.05) is 18.2 Å². The second-order valence-corrected chi connectivity index (χ2v) is 8.28. The summed E-state index contributed by atoms with van der Waals surface area (Å²) >= 11 is 0. The van der Waals surface area contributed by atoms with Crippen LogP contribution in [0.15, 0.2) is 31.0 Å². The lowest BCUT2D eigenvalue weighted by molar-refractivity contribution is -0.145. The van der Waals surface area contributed by atoms with E-state index in [1.165, 1.54) is 12.0 Å². The van der Waals surface area contributed by atoms with E-state index >= 15 is 0 Å². The standard InChI is InChI=1S/C23H28N2O6/c1-7-14-10-17-15(11-19(14)28-5)8-9-24-20(17)30-16-12-18(21(26)29-6)25(13-16)22(27)31-23(2,3)4/h7-11,16,18H,1,12-13H2,2-6H3/t16-,18+/m1/s1. The Morgan fingerprint density at radius 2 is 2.00 bits per heavy atom. The smallest absolute Gasteiger partial charge is 0.411 e. The second kappa shape index (κ2) is 8.83. The molecule has 1 aliphatic heterocycles. The van der Waals surface area contributed by atoms with E-state index in [-0.39, 0.29) is 13.0 Å². The fourth-order valence-electron chi connectivity index (χ4n) is 3.54. The Kier molecular flexibility index (Phi) is 6.38. The number of ether oxygens (including phenoxy) is 4. The minimum absolute atomic E-state index is 0.178. The molecular formula is C23H28N2O6. The number of hydrogen-bond acceptors (Lipinski definition) is 7. The number of pyridine rings is 1. The van der Waals surface area contributed by atoms with Gasteiger partial charge >= 0.3 is 12.1 Å². The fraction of sp³-hybridized carbons (Fsp3) is 0.435. The first-order valence-corrected chi connectivity index (χ1v) is 10.00. The molecule has 2 aromatic rings. The van der Waals surface area contributed by atoms with Crippen molar-refractivity contribution in [3.8, 4) is 11.6 Å². The third-order valence-corrected chi connectivity index (χ3v) is 4.94. The van der Waals surface area contributed by atoms with Gasteiger partial charge in [0.05, 0.1) is 20.8 Å². The molecule has 2 atom stereocenters. The van der Waals surface area contributed by atoms with Gasteiger partial charge in [0, 0.05) is 23.6 Å². The molecule has 1 aromatic carbocycles. The van der Waals surface area contributed by atoms with Crippen LogP contribution in [-0.4, -0.2) is 60.5 Å². The molecule has 0 bridgehead atoms. The lowest BCUT2D eigenvalue weighted by Crippen LogP contribution is -2.44. The van der Waals surface area contributed by atoms with Crippen LogP contribution in [0.2, 0.25) is 0 Å². The summed E-state index contributed by atoms with van der Waals surface area (Å²) in [5.41, 5.74) is 0.121. The molecule has 1 aliphatic rings. The zero-order chi connectivity index (χ0) is 22.8. The van der Waals surface area contributed by atoms with Crippen LogP contribution in [0.3, 0.4) is 0 Å². The van der Waals surface area contributed by atoms with Crippen molar-refractivity contribution >= 4 is 28.9 Å². The Bertz CT molecular complexity index is 997. The van der Waals surface area contributed by atoms with E-state index < -0.39 is 29.8 Å². The number of carbonyl (C=O) groups excluding carboxylic acids is 2. The number of benzene rings is 1. The average Bonchev–Trinajstić information content (AvgIpc) is 3.15. The zero-order valence-corrected chi connectivity index (χ0v) is 18.5. The molecule has 0 unspecified atom stereocenters. The molecule has 0 radical (unpaired) electrons. The van der Waals surface area contributed by atoms with Crippen molar-refractivity contribution in [1.82, 2.24) is 9.88 Å². The molecule has 31 heavy (non-hydrogen) atoms. The predicted octanol–water partition coefficient (Wildman–Crippen LogP) is 3.82. The minimum Gasteiger partial charge on any atom is -0.496 e. The van der Waals surface area contributed by atoms with Crippen LogP contribution < -0.4 is 9.47 Å². The summed E-state index contributed by atoms with van der Waals surface area (Å²) in [7, 11) is 2.89. The molecule has 0 aliphatic carbocycles. The number of carbonyl (C=O) groups is 2. The van der Waals surface area contributed by atoms with Crippen LogP contribution >= 0.6 is 0 Å². The summed E-state index contributed by atoms with van der Waals surface area (Å²) in [6.07, 6.45) is 2.57. The zero-order valence-electron chi connectivity index (χ0n) is 18.5. The Morgan fingerprint density at radius 3 is 2.61 bits per heavy atom. The van der Waals surface area contributed by atoms with Crippen molar-refractivity contribution in [3.63, 3.8) is 0 Å². The number of fused-ring (bicyclic) bond motifs is 1. The molecule has 1 fully saturated rings. The van der Waals surface area contributed by atoms with Gasteiger partial charge < -0.3 is 18.9 Å². The Morgan fingerprint density at radius 1 is 1.26 bits per heavy atom. The molecule has 8 nitrogen and oxygen atoms in total. The number of hydrogen-bond donors (Lipinski definition) is 0. The lowest BCUT2D eigenvalue weighted by atomic mass is 10.1. The van der Waals surface area contributed by atoms with Crippen LogP contribution in [0.25, 0.3) is 16.8 Å². The maximum atomic E-state index is 12.7.